The lowest BCUT2D eigenvalue weighted by Gasteiger charge is -2.14. The topological polar surface area (TPSA) is 121 Å². The fraction of sp³-hybridized carbons (Fsp3) is 0.300. The predicted octanol–water partition coefficient (Wildman–Crippen LogP) is -0.338. The first kappa shape index (κ1) is 14.2. The van der Waals surface area contributed by atoms with E-state index in [9.17, 15) is 13.2 Å². The van der Waals surface area contributed by atoms with Crippen LogP contribution in [0.15, 0.2) is 23.5 Å². The molecule has 2 aromatic rings. The number of aryl methyl sites for hydroxylation is 1. The van der Waals surface area contributed by atoms with Gasteiger partial charge in [-0.1, -0.05) is 0 Å². The van der Waals surface area contributed by atoms with E-state index in [2.05, 4.69) is 15.2 Å². The van der Waals surface area contributed by atoms with Crippen molar-refractivity contribution >= 4 is 16.0 Å². The molecule has 0 aliphatic carbocycles. The molecular formula is C10H13N5O4S. The van der Waals surface area contributed by atoms with E-state index in [0.29, 0.717) is 5.82 Å². The van der Waals surface area contributed by atoms with Crippen LogP contribution in [0, 0.1) is 0 Å². The van der Waals surface area contributed by atoms with Crippen molar-refractivity contribution in [3.63, 3.8) is 0 Å². The summed E-state index contributed by atoms with van der Waals surface area (Å²) in [7, 11) is -0.937. The predicted molar refractivity (Wildman–Crippen MR) is 67.4 cm³/mol. The Hall–Kier alpha value is -2.20. The minimum absolute atomic E-state index is 0.0135. The molecule has 20 heavy (non-hydrogen) atoms. The molecule has 0 aromatic carbocycles. The number of nitrogens with zero attached hydrogens (tertiary/aromatic N) is 4. The van der Waals surface area contributed by atoms with E-state index in [1.165, 1.54) is 31.2 Å². The van der Waals surface area contributed by atoms with E-state index >= 15 is 0 Å². The van der Waals surface area contributed by atoms with Gasteiger partial charge < -0.3 is 9.67 Å². The van der Waals surface area contributed by atoms with Gasteiger partial charge in [0.25, 0.3) is 0 Å². The second kappa shape index (κ2) is 5.06. The summed E-state index contributed by atoms with van der Waals surface area (Å²) in [5, 5.41) is 15.1. The smallest absolute Gasteiger partial charge is 0.352 e. The summed E-state index contributed by atoms with van der Waals surface area (Å²) in [5.74, 6) is -0.794. The van der Waals surface area contributed by atoms with Crippen LogP contribution in [0.2, 0.25) is 0 Å². The lowest BCUT2D eigenvalue weighted by Crippen LogP contribution is -2.26. The van der Waals surface area contributed by atoms with E-state index in [0.717, 1.165) is 10.4 Å². The maximum absolute atomic E-state index is 12.3. The summed E-state index contributed by atoms with van der Waals surface area (Å²) in [6, 6.07) is 1.12. The van der Waals surface area contributed by atoms with Crippen LogP contribution in [0.4, 0.5) is 0 Å². The van der Waals surface area contributed by atoms with Crippen molar-refractivity contribution in [2.24, 2.45) is 7.05 Å². The van der Waals surface area contributed by atoms with E-state index in [1.807, 2.05) is 0 Å². The highest BCUT2D eigenvalue weighted by molar-refractivity contribution is 7.89. The first-order valence-corrected chi connectivity index (χ1v) is 6.96. The van der Waals surface area contributed by atoms with Gasteiger partial charge >= 0.3 is 5.97 Å². The zero-order chi connectivity index (χ0) is 14.9. The van der Waals surface area contributed by atoms with Gasteiger partial charge in [-0.15, -0.1) is 0 Å². The first-order chi connectivity index (χ1) is 9.32. The van der Waals surface area contributed by atoms with Gasteiger partial charge in [-0.3, -0.25) is 5.10 Å². The lowest BCUT2D eigenvalue weighted by molar-refractivity contribution is 0.0686. The maximum Gasteiger partial charge on any atom is 0.352 e. The summed E-state index contributed by atoms with van der Waals surface area (Å²) in [4.78, 5) is 14.7. The second-order valence-electron chi connectivity index (χ2n) is 4.17. The zero-order valence-corrected chi connectivity index (χ0v) is 11.6. The number of sulfonamides is 1. The first-order valence-electron chi connectivity index (χ1n) is 5.52. The molecule has 2 N–H and O–H groups in total. The summed E-state index contributed by atoms with van der Waals surface area (Å²) in [5.41, 5.74) is -0.100. The Kier molecular flexibility index (Phi) is 3.59. The summed E-state index contributed by atoms with van der Waals surface area (Å²) in [6.45, 7) is 0.0135. The normalized spacial score (nSPS) is 11.9. The van der Waals surface area contributed by atoms with E-state index in [-0.39, 0.29) is 17.1 Å². The van der Waals surface area contributed by atoms with Gasteiger partial charge in [-0.05, 0) is 6.07 Å². The van der Waals surface area contributed by atoms with Crippen molar-refractivity contribution in [2.75, 3.05) is 7.05 Å². The highest BCUT2D eigenvalue weighted by Gasteiger charge is 2.25. The van der Waals surface area contributed by atoms with Crippen molar-refractivity contribution in [1.82, 2.24) is 24.1 Å². The number of rotatable bonds is 5. The Morgan fingerprint density at radius 2 is 2.25 bits per heavy atom. The van der Waals surface area contributed by atoms with Gasteiger partial charge in [-0.2, -0.15) is 9.40 Å². The molecule has 10 heteroatoms. The largest absolute Gasteiger partial charge is 0.477 e. The molecule has 108 valence electrons. The maximum atomic E-state index is 12.3. The average molecular weight is 299 g/mol. The van der Waals surface area contributed by atoms with Crippen LogP contribution in [-0.2, 0) is 23.6 Å². The van der Waals surface area contributed by atoms with Crippen LogP contribution in [0.1, 0.15) is 16.3 Å². The molecule has 2 rings (SSSR count). The molecule has 0 bridgehead atoms. The fourth-order valence-corrected chi connectivity index (χ4v) is 2.87. The van der Waals surface area contributed by atoms with Crippen molar-refractivity contribution in [2.45, 2.75) is 11.4 Å². The molecule has 0 amide bonds. The Labute approximate surface area is 114 Å². The third-order valence-corrected chi connectivity index (χ3v) is 4.51. The van der Waals surface area contributed by atoms with Crippen LogP contribution >= 0.6 is 0 Å². The van der Waals surface area contributed by atoms with Crippen molar-refractivity contribution < 1.29 is 18.3 Å². The number of H-pyrrole nitrogens is 1. The highest BCUT2D eigenvalue weighted by atomic mass is 32.2. The SMILES string of the molecule is CN(Cc1ncn[nH]1)S(=O)(=O)c1cc(C(=O)O)n(C)c1. The Bertz CT molecular complexity index is 719. The van der Waals surface area contributed by atoms with Crippen LogP contribution < -0.4 is 0 Å². The quantitative estimate of drug-likeness (QED) is 0.779. The monoisotopic (exact) mass is 299 g/mol. The number of carboxylic acid groups (broad SMARTS) is 1. The third-order valence-electron chi connectivity index (χ3n) is 2.74. The minimum Gasteiger partial charge on any atom is -0.477 e. The number of nitrogens with one attached hydrogen (secondary N) is 1. The van der Waals surface area contributed by atoms with Crippen LogP contribution in [0.5, 0.6) is 0 Å². The number of aromatic amines is 1. The van der Waals surface area contributed by atoms with Gasteiger partial charge in [0.15, 0.2) is 0 Å². The number of carbonyl (C=O) groups is 1. The van der Waals surface area contributed by atoms with Gasteiger partial charge in [0, 0.05) is 20.3 Å². The minimum atomic E-state index is -3.79. The van der Waals surface area contributed by atoms with Gasteiger partial charge in [0.05, 0.1) is 6.54 Å². The Balaban J connectivity index is 2.30. The lowest BCUT2D eigenvalue weighted by atomic mass is 10.4. The summed E-state index contributed by atoms with van der Waals surface area (Å²) >= 11 is 0. The molecule has 0 aliphatic rings. The molecule has 0 fully saturated rings. The highest BCUT2D eigenvalue weighted by Crippen LogP contribution is 2.18. The van der Waals surface area contributed by atoms with Gasteiger partial charge in [-0.25, -0.2) is 18.2 Å². The molecule has 0 aliphatic heterocycles. The van der Waals surface area contributed by atoms with E-state index < -0.39 is 16.0 Å². The van der Waals surface area contributed by atoms with Gasteiger partial charge in [0.2, 0.25) is 10.0 Å². The van der Waals surface area contributed by atoms with Crippen molar-refractivity contribution in [3.05, 3.63) is 30.1 Å². The van der Waals surface area contributed by atoms with Crippen molar-refractivity contribution in [1.29, 1.82) is 0 Å². The number of aromatic nitrogens is 4. The Morgan fingerprint density at radius 3 is 2.75 bits per heavy atom. The molecule has 0 saturated carbocycles. The standard InChI is InChI=1S/C10H13N5O4S/c1-14-4-7(3-8(14)10(16)17)20(18,19)15(2)5-9-11-6-12-13-9/h3-4,6H,5H2,1-2H3,(H,16,17)(H,11,12,13). The van der Waals surface area contributed by atoms with Crippen molar-refractivity contribution in [3.8, 4) is 0 Å². The second-order valence-corrected chi connectivity index (χ2v) is 6.22. The molecule has 0 spiro atoms. The molecule has 0 radical (unpaired) electrons. The molecule has 9 nitrogen and oxygen atoms in total. The van der Waals surface area contributed by atoms with E-state index in [1.54, 1.807) is 0 Å². The van der Waals surface area contributed by atoms with Crippen LogP contribution in [0.3, 0.4) is 0 Å². The molecule has 2 heterocycles. The van der Waals surface area contributed by atoms with Gasteiger partial charge in [0.1, 0.15) is 22.7 Å². The molecule has 2 aromatic heterocycles. The van der Waals surface area contributed by atoms with Crippen LogP contribution in [0.25, 0.3) is 0 Å². The average Bonchev–Trinajstić information content (AvgIpc) is 2.98. The number of carboxylic acids is 1. The number of hydrogen-bond donors (Lipinski definition) is 2. The van der Waals surface area contributed by atoms with E-state index in [4.69, 9.17) is 5.11 Å². The summed E-state index contributed by atoms with van der Waals surface area (Å²) < 4.78 is 26.9. The summed E-state index contributed by atoms with van der Waals surface area (Å²) in [6.07, 6.45) is 2.54. The molecule has 0 atom stereocenters. The molecule has 0 saturated heterocycles. The fourth-order valence-electron chi connectivity index (χ4n) is 1.67. The number of aromatic carboxylic acids is 1. The third kappa shape index (κ3) is 2.56. The Morgan fingerprint density at radius 1 is 1.55 bits per heavy atom. The number of hydrogen-bond acceptors (Lipinski definition) is 5. The zero-order valence-electron chi connectivity index (χ0n) is 10.8. The molecule has 0 unspecified atom stereocenters. The van der Waals surface area contributed by atoms with Crippen LogP contribution in [-0.4, -0.2) is 50.6 Å². The molecular weight excluding hydrogens is 286 g/mol.